The van der Waals surface area contributed by atoms with E-state index < -0.39 is 10.8 Å². The first-order valence-corrected chi connectivity index (χ1v) is 6.33. The number of hydrogen-bond donors (Lipinski definition) is 0. The van der Waals surface area contributed by atoms with Crippen LogP contribution in [0.3, 0.4) is 0 Å². The average Bonchev–Trinajstić information content (AvgIpc) is 2.29. The number of rotatable bonds is 1. The smallest absolute Gasteiger partial charge is 0.226 e. The average molecular weight is 223 g/mol. The fourth-order valence-electron chi connectivity index (χ4n) is 1.73. The molecule has 0 spiro atoms. The zero-order chi connectivity index (χ0) is 10.8. The predicted octanol–water partition coefficient (Wildman–Crippen LogP) is 1.55. The summed E-state index contributed by atoms with van der Waals surface area (Å²) >= 11 is 0. The van der Waals surface area contributed by atoms with Crippen LogP contribution >= 0.6 is 0 Å². The largest absolute Gasteiger partial charge is 0.310 e. The van der Waals surface area contributed by atoms with Crippen LogP contribution < -0.4 is 4.90 Å². The molecule has 1 aliphatic rings. The zero-order valence-corrected chi connectivity index (χ0v) is 9.42. The summed E-state index contributed by atoms with van der Waals surface area (Å²) < 4.78 is 11.7. The lowest BCUT2D eigenvalue weighted by molar-refractivity contribution is -0.118. The molecule has 0 aromatic heterocycles. The quantitative estimate of drug-likeness (QED) is 0.724. The third-order valence-electron chi connectivity index (χ3n) is 2.51. The fourth-order valence-corrected chi connectivity index (χ4v) is 2.94. The SMILES string of the molecule is CCC(=O)N1CCS(=O)c2ccccc21. The number of carbonyl (C=O) groups is 1. The first-order valence-electron chi connectivity index (χ1n) is 5.02. The Hall–Kier alpha value is -1.16. The van der Waals surface area contributed by atoms with Crippen molar-refractivity contribution in [1.29, 1.82) is 0 Å². The molecule has 0 aliphatic carbocycles. The lowest BCUT2D eigenvalue weighted by Crippen LogP contribution is -2.37. The van der Waals surface area contributed by atoms with Gasteiger partial charge in [-0.15, -0.1) is 0 Å². The normalized spacial score (nSPS) is 19.8. The van der Waals surface area contributed by atoms with Crippen LogP contribution in [0.1, 0.15) is 13.3 Å². The van der Waals surface area contributed by atoms with Crippen LogP contribution in [0.2, 0.25) is 0 Å². The number of carbonyl (C=O) groups excluding carboxylic acids is 1. The van der Waals surface area contributed by atoms with Crippen molar-refractivity contribution in [3.05, 3.63) is 24.3 Å². The summed E-state index contributed by atoms with van der Waals surface area (Å²) in [5.74, 6) is 0.641. The first-order chi connectivity index (χ1) is 7.24. The van der Waals surface area contributed by atoms with E-state index in [1.807, 2.05) is 31.2 Å². The molecule has 0 N–H and O–H groups in total. The second-order valence-corrected chi connectivity index (χ2v) is 4.96. The molecule has 15 heavy (non-hydrogen) atoms. The van der Waals surface area contributed by atoms with Crippen molar-refractivity contribution in [2.75, 3.05) is 17.2 Å². The second-order valence-electron chi connectivity index (χ2n) is 3.42. The molecule has 0 saturated heterocycles. The predicted molar refractivity (Wildman–Crippen MR) is 60.4 cm³/mol. The number of anilines is 1. The van der Waals surface area contributed by atoms with Crippen molar-refractivity contribution in [2.24, 2.45) is 0 Å². The molecule has 1 aliphatic heterocycles. The Morgan fingerprint density at radius 2 is 2.20 bits per heavy atom. The number of benzene rings is 1. The van der Waals surface area contributed by atoms with Gasteiger partial charge in [-0.05, 0) is 12.1 Å². The van der Waals surface area contributed by atoms with Crippen LogP contribution in [-0.2, 0) is 15.6 Å². The third kappa shape index (κ3) is 1.81. The number of para-hydroxylation sites is 1. The van der Waals surface area contributed by atoms with E-state index in [1.54, 1.807) is 4.90 Å². The summed E-state index contributed by atoms with van der Waals surface area (Å²) in [4.78, 5) is 14.2. The van der Waals surface area contributed by atoms with E-state index in [0.29, 0.717) is 18.7 Å². The molecule has 4 heteroatoms. The molecule has 1 aromatic carbocycles. The van der Waals surface area contributed by atoms with Crippen molar-refractivity contribution >= 4 is 22.4 Å². The third-order valence-corrected chi connectivity index (χ3v) is 3.89. The molecule has 0 saturated carbocycles. The number of amides is 1. The van der Waals surface area contributed by atoms with Gasteiger partial charge in [0.15, 0.2) is 0 Å². The van der Waals surface area contributed by atoms with Crippen LogP contribution in [0.5, 0.6) is 0 Å². The Labute approximate surface area is 91.5 Å². The van der Waals surface area contributed by atoms with Crippen LogP contribution in [0.4, 0.5) is 5.69 Å². The van der Waals surface area contributed by atoms with E-state index in [1.165, 1.54) is 0 Å². The maximum Gasteiger partial charge on any atom is 0.226 e. The standard InChI is InChI=1S/C11H13NO2S/c1-2-11(13)12-7-8-15(14)10-6-4-3-5-9(10)12/h3-6H,2,7-8H2,1H3. The Morgan fingerprint density at radius 3 is 2.93 bits per heavy atom. The van der Waals surface area contributed by atoms with Gasteiger partial charge in [-0.2, -0.15) is 0 Å². The molecule has 3 nitrogen and oxygen atoms in total. The lowest BCUT2D eigenvalue weighted by Gasteiger charge is -2.28. The highest BCUT2D eigenvalue weighted by Crippen LogP contribution is 2.28. The highest BCUT2D eigenvalue weighted by atomic mass is 32.2. The second kappa shape index (κ2) is 4.14. The molecule has 2 rings (SSSR count). The minimum Gasteiger partial charge on any atom is -0.310 e. The minimum absolute atomic E-state index is 0.0964. The summed E-state index contributed by atoms with van der Waals surface area (Å²) in [5, 5.41) is 0. The van der Waals surface area contributed by atoms with Gasteiger partial charge in [0.05, 0.1) is 21.4 Å². The van der Waals surface area contributed by atoms with Gasteiger partial charge in [0.2, 0.25) is 5.91 Å². The molecule has 0 fully saturated rings. The van der Waals surface area contributed by atoms with Gasteiger partial charge in [0.25, 0.3) is 0 Å². The van der Waals surface area contributed by atoms with E-state index in [-0.39, 0.29) is 5.91 Å². The van der Waals surface area contributed by atoms with Gasteiger partial charge >= 0.3 is 0 Å². The molecule has 80 valence electrons. The van der Waals surface area contributed by atoms with E-state index in [0.717, 1.165) is 10.6 Å². The molecule has 1 amide bonds. The Morgan fingerprint density at radius 1 is 1.47 bits per heavy atom. The lowest BCUT2D eigenvalue weighted by atomic mass is 10.2. The zero-order valence-electron chi connectivity index (χ0n) is 8.60. The number of fused-ring (bicyclic) bond motifs is 1. The molecular formula is C11H13NO2S. The van der Waals surface area contributed by atoms with E-state index in [2.05, 4.69) is 0 Å². The van der Waals surface area contributed by atoms with Gasteiger partial charge in [0.1, 0.15) is 0 Å². The van der Waals surface area contributed by atoms with Crippen LogP contribution in [-0.4, -0.2) is 22.4 Å². The summed E-state index contributed by atoms with van der Waals surface area (Å²) in [6.07, 6.45) is 0.487. The topological polar surface area (TPSA) is 37.4 Å². The van der Waals surface area contributed by atoms with Crippen LogP contribution in [0.15, 0.2) is 29.2 Å². The summed E-state index contributed by atoms with van der Waals surface area (Å²) in [5.41, 5.74) is 0.814. The molecule has 1 atom stereocenters. The van der Waals surface area contributed by atoms with Crippen molar-refractivity contribution in [3.63, 3.8) is 0 Å². The Balaban J connectivity index is 2.44. The van der Waals surface area contributed by atoms with Gasteiger partial charge in [-0.1, -0.05) is 19.1 Å². The monoisotopic (exact) mass is 223 g/mol. The van der Waals surface area contributed by atoms with E-state index >= 15 is 0 Å². The Kier molecular flexibility index (Phi) is 2.86. The molecule has 1 aromatic rings. The minimum atomic E-state index is -0.948. The molecule has 0 bridgehead atoms. The van der Waals surface area contributed by atoms with Crippen molar-refractivity contribution in [3.8, 4) is 0 Å². The van der Waals surface area contributed by atoms with Crippen LogP contribution in [0.25, 0.3) is 0 Å². The van der Waals surface area contributed by atoms with E-state index in [4.69, 9.17) is 0 Å². The van der Waals surface area contributed by atoms with Gasteiger partial charge in [-0.25, -0.2) is 0 Å². The highest BCUT2D eigenvalue weighted by Gasteiger charge is 2.24. The highest BCUT2D eigenvalue weighted by molar-refractivity contribution is 7.85. The van der Waals surface area contributed by atoms with Gasteiger partial charge in [-0.3, -0.25) is 9.00 Å². The molecule has 1 heterocycles. The number of nitrogens with zero attached hydrogens (tertiary/aromatic N) is 1. The maximum atomic E-state index is 11.7. The maximum absolute atomic E-state index is 11.7. The fraction of sp³-hybridized carbons (Fsp3) is 0.364. The van der Waals surface area contributed by atoms with Gasteiger partial charge in [0, 0.05) is 18.7 Å². The first kappa shape index (κ1) is 10.4. The van der Waals surface area contributed by atoms with Gasteiger partial charge < -0.3 is 4.90 Å². The van der Waals surface area contributed by atoms with Crippen molar-refractivity contribution in [1.82, 2.24) is 0 Å². The van der Waals surface area contributed by atoms with E-state index in [9.17, 15) is 9.00 Å². The molecular weight excluding hydrogens is 210 g/mol. The number of hydrogen-bond acceptors (Lipinski definition) is 2. The van der Waals surface area contributed by atoms with Crippen molar-refractivity contribution in [2.45, 2.75) is 18.2 Å². The van der Waals surface area contributed by atoms with Crippen molar-refractivity contribution < 1.29 is 9.00 Å². The Bertz CT molecular complexity index is 417. The van der Waals surface area contributed by atoms with Crippen LogP contribution in [0, 0.1) is 0 Å². The molecule has 0 radical (unpaired) electrons. The summed E-state index contributed by atoms with van der Waals surface area (Å²) in [7, 11) is -0.948. The summed E-state index contributed by atoms with van der Waals surface area (Å²) in [6, 6.07) is 7.43. The summed E-state index contributed by atoms with van der Waals surface area (Å²) in [6.45, 7) is 2.41. The molecule has 1 unspecified atom stereocenters.